The van der Waals surface area contributed by atoms with Crippen LogP contribution in [0.3, 0.4) is 0 Å². The Morgan fingerprint density at radius 1 is 0.791 bits per heavy atom. The molecule has 5 rings (SSSR count). The maximum Gasteiger partial charge on any atom is 0.416 e. The second-order valence-electron chi connectivity index (χ2n) is 9.31. The van der Waals surface area contributed by atoms with Gasteiger partial charge in [0.1, 0.15) is 10.6 Å². The molecule has 4 nitrogen and oxygen atoms in total. The Hall–Kier alpha value is -4.42. The van der Waals surface area contributed by atoms with Crippen molar-refractivity contribution in [3.8, 4) is 39.6 Å². The zero-order valence-electron chi connectivity index (χ0n) is 22.0. The minimum Gasteiger partial charge on any atom is -0.497 e. The molecule has 0 fully saturated rings. The lowest BCUT2D eigenvalue weighted by molar-refractivity contribution is -0.143. The molecule has 0 aliphatic rings. The van der Waals surface area contributed by atoms with E-state index in [4.69, 9.17) is 17.0 Å². The Kier molecular flexibility index (Phi) is 7.93. The number of hydrogen-bond acceptors (Lipinski definition) is 5. The monoisotopic (exact) mass is 631 g/mol. The number of hydrogen-bond donors (Lipinski definition) is 1. The Bertz CT molecular complexity index is 1860. The normalized spacial score (nSPS) is 11.9. The maximum atomic E-state index is 13.9. The van der Waals surface area contributed by atoms with Gasteiger partial charge in [0.25, 0.3) is 0 Å². The van der Waals surface area contributed by atoms with Crippen LogP contribution in [0.15, 0.2) is 91.0 Å². The number of thiazole rings is 1. The number of nitrogens with zero attached hydrogens (tertiary/aromatic N) is 1. The first kappa shape index (κ1) is 30.1. The second kappa shape index (κ2) is 11.3. The molecule has 0 saturated carbocycles. The van der Waals surface area contributed by atoms with Gasteiger partial charge in [0, 0.05) is 5.56 Å². The molecule has 1 heterocycles. The van der Waals surface area contributed by atoms with Gasteiger partial charge in [0.2, 0.25) is 11.7 Å². The van der Waals surface area contributed by atoms with E-state index < -0.39 is 40.8 Å². The molecule has 0 aliphatic heterocycles. The van der Waals surface area contributed by atoms with Gasteiger partial charge >= 0.3 is 12.4 Å². The highest BCUT2D eigenvalue weighted by Gasteiger charge is 2.37. The van der Waals surface area contributed by atoms with Gasteiger partial charge in [-0.05, 0) is 76.9 Å². The smallest absolute Gasteiger partial charge is 0.416 e. The van der Waals surface area contributed by atoms with E-state index in [1.807, 2.05) is 42.5 Å². The third-order valence-electron chi connectivity index (χ3n) is 6.58. The zero-order chi connectivity index (χ0) is 31.1. The van der Waals surface area contributed by atoms with Crippen molar-refractivity contribution in [2.45, 2.75) is 12.4 Å². The van der Waals surface area contributed by atoms with E-state index in [1.165, 1.54) is 19.2 Å². The Labute approximate surface area is 250 Å². The minimum absolute atomic E-state index is 0.0320. The van der Waals surface area contributed by atoms with Crippen molar-refractivity contribution in [3.05, 3.63) is 117 Å². The molecule has 0 amide bonds. The van der Waals surface area contributed by atoms with Crippen LogP contribution in [0.25, 0.3) is 27.9 Å². The topological polar surface area (TPSA) is 51.5 Å². The number of carbonyl (C=O) groups excluding carboxylic acids is 1. The summed E-state index contributed by atoms with van der Waals surface area (Å²) in [5.74, 6) is -1.19. The van der Waals surface area contributed by atoms with Gasteiger partial charge in [0.15, 0.2) is 3.95 Å². The van der Waals surface area contributed by atoms with Gasteiger partial charge in [-0.25, -0.2) is 0 Å². The summed E-state index contributed by atoms with van der Waals surface area (Å²) >= 11 is 5.77. The van der Waals surface area contributed by atoms with E-state index in [9.17, 15) is 36.2 Å². The number of halogens is 6. The quantitative estimate of drug-likeness (QED) is 0.115. The fourth-order valence-corrected chi connectivity index (χ4v) is 5.80. The Morgan fingerprint density at radius 3 is 2.00 bits per heavy atom. The summed E-state index contributed by atoms with van der Waals surface area (Å²) in [5.41, 5.74) is -0.942. The van der Waals surface area contributed by atoms with Crippen molar-refractivity contribution in [2.75, 3.05) is 7.11 Å². The number of rotatable bonds is 6. The van der Waals surface area contributed by atoms with Crippen LogP contribution in [0.1, 0.15) is 26.4 Å². The highest BCUT2D eigenvalue weighted by Crippen LogP contribution is 2.40. The Morgan fingerprint density at radius 2 is 1.40 bits per heavy atom. The summed E-state index contributed by atoms with van der Waals surface area (Å²) in [6.45, 7) is 0. The summed E-state index contributed by atoms with van der Waals surface area (Å²) in [6, 6.07) is 22.2. The van der Waals surface area contributed by atoms with E-state index in [0.717, 1.165) is 11.1 Å². The van der Waals surface area contributed by atoms with Crippen LogP contribution in [-0.2, 0) is 12.4 Å². The summed E-state index contributed by atoms with van der Waals surface area (Å²) in [6.07, 6.45) is -10.2. The molecule has 1 N–H and O–H groups in total. The predicted molar refractivity (Wildman–Crippen MR) is 153 cm³/mol. The molecule has 43 heavy (non-hydrogen) atoms. The molecule has 0 radical (unpaired) electrons. The van der Waals surface area contributed by atoms with E-state index >= 15 is 0 Å². The molecule has 4 aromatic carbocycles. The average Bonchev–Trinajstić information content (AvgIpc) is 3.29. The molecule has 0 atom stereocenters. The minimum atomic E-state index is -5.12. The summed E-state index contributed by atoms with van der Waals surface area (Å²) in [4.78, 5) is 13.5. The van der Waals surface area contributed by atoms with Crippen molar-refractivity contribution < 1.29 is 41.0 Å². The standard InChI is InChI=1S/C31H19F6NO3S2/c1-41-23-10-11-24(25(16-23)19-9-5-8-18(12-19)17-6-3-2-4-7-17)26(39)27-28(40)38(29(42)43-27)22-14-20(30(32,33)34)13-21(15-22)31(35,36)37/h2-16,40H,1H3. The van der Waals surface area contributed by atoms with Gasteiger partial charge in [0.05, 0.1) is 23.9 Å². The van der Waals surface area contributed by atoms with E-state index in [2.05, 4.69) is 0 Å². The van der Waals surface area contributed by atoms with Crippen molar-refractivity contribution in [3.63, 3.8) is 0 Å². The SMILES string of the molecule is COc1ccc(C(=O)c2sc(=S)n(-c3cc(C(F)(F)F)cc(C(F)(F)F)c3)c2O)c(-c2cccc(-c3ccccc3)c2)c1. The fourth-order valence-electron chi connectivity index (χ4n) is 4.52. The lowest BCUT2D eigenvalue weighted by Gasteiger charge is -2.15. The summed E-state index contributed by atoms with van der Waals surface area (Å²) in [5, 5.41) is 11.0. The van der Waals surface area contributed by atoms with Crippen LogP contribution in [0.5, 0.6) is 11.6 Å². The predicted octanol–water partition coefficient (Wildman–Crippen LogP) is 9.59. The highest BCUT2D eigenvalue weighted by molar-refractivity contribution is 7.73. The van der Waals surface area contributed by atoms with Gasteiger partial charge < -0.3 is 9.84 Å². The number of ketones is 1. The third kappa shape index (κ3) is 6.06. The number of aromatic hydroxyl groups is 1. The fraction of sp³-hybridized carbons (Fsp3) is 0.0968. The van der Waals surface area contributed by atoms with Crippen LogP contribution in [0.2, 0.25) is 0 Å². The number of benzene rings is 4. The molecule has 0 saturated heterocycles. The number of methoxy groups -OCH3 is 1. The van der Waals surface area contributed by atoms with Crippen molar-refractivity contribution in [2.24, 2.45) is 0 Å². The second-order valence-corrected chi connectivity index (χ2v) is 11.0. The molecular formula is C31H19F6NO3S2. The van der Waals surface area contributed by atoms with Gasteiger partial charge in [-0.1, -0.05) is 59.9 Å². The molecule has 0 spiro atoms. The molecule has 0 aliphatic carbocycles. The van der Waals surface area contributed by atoms with Crippen LogP contribution in [0.4, 0.5) is 26.3 Å². The molecule has 5 aromatic rings. The molecule has 0 unspecified atom stereocenters. The number of aromatic nitrogens is 1. The molecule has 220 valence electrons. The first-order chi connectivity index (χ1) is 20.3. The third-order valence-corrected chi connectivity index (χ3v) is 7.94. The van der Waals surface area contributed by atoms with E-state index in [-0.39, 0.29) is 20.5 Å². The van der Waals surface area contributed by atoms with E-state index in [0.29, 0.717) is 44.9 Å². The lowest BCUT2D eigenvalue weighted by atomic mass is 9.93. The van der Waals surface area contributed by atoms with Crippen LogP contribution in [0, 0.1) is 3.95 Å². The van der Waals surface area contributed by atoms with Gasteiger partial charge in [-0.3, -0.25) is 9.36 Å². The number of carbonyl (C=O) groups is 1. The molecule has 12 heteroatoms. The van der Waals surface area contributed by atoms with Gasteiger partial charge in [-0.15, -0.1) is 0 Å². The molecule has 0 bridgehead atoms. The van der Waals surface area contributed by atoms with Crippen molar-refractivity contribution >= 4 is 29.3 Å². The van der Waals surface area contributed by atoms with Crippen LogP contribution < -0.4 is 4.74 Å². The van der Waals surface area contributed by atoms with Crippen molar-refractivity contribution in [1.82, 2.24) is 4.57 Å². The lowest BCUT2D eigenvalue weighted by Crippen LogP contribution is -2.12. The van der Waals surface area contributed by atoms with Crippen molar-refractivity contribution in [1.29, 1.82) is 0 Å². The summed E-state index contributed by atoms with van der Waals surface area (Å²) < 4.78 is 86.6. The average molecular weight is 632 g/mol. The maximum absolute atomic E-state index is 13.9. The largest absolute Gasteiger partial charge is 0.497 e. The van der Waals surface area contributed by atoms with Gasteiger partial charge in [-0.2, -0.15) is 26.3 Å². The van der Waals surface area contributed by atoms with Crippen LogP contribution >= 0.6 is 23.6 Å². The van der Waals surface area contributed by atoms with E-state index in [1.54, 1.807) is 18.2 Å². The summed E-state index contributed by atoms with van der Waals surface area (Å²) in [7, 11) is 1.45. The Balaban J connectivity index is 1.64. The molecule has 1 aromatic heterocycles. The number of alkyl halides is 6. The highest BCUT2D eigenvalue weighted by atomic mass is 32.1. The first-order valence-corrected chi connectivity index (χ1v) is 13.6. The zero-order valence-corrected chi connectivity index (χ0v) is 23.6. The first-order valence-electron chi connectivity index (χ1n) is 12.4. The number of ether oxygens (including phenoxy) is 1. The van der Waals surface area contributed by atoms with Crippen LogP contribution in [-0.4, -0.2) is 22.6 Å². The molecular weight excluding hydrogens is 612 g/mol.